The van der Waals surface area contributed by atoms with Crippen molar-refractivity contribution in [2.75, 3.05) is 0 Å². The number of rotatable bonds is 2. The summed E-state index contributed by atoms with van der Waals surface area (Å²) in [5, 5.41) is 1.43. The second-order valence-corrected chi connectivity index (χ2v) is 9.51. The molecule has 5 nitrogen and oxygen atoms in total. The van der Waals surface area contributed by atoms with Crippen LogP contribution in [0.15, 0.2) is 18.2 Å². The fraction of sp³-hybridized carbons (Fsp3) is 0.438. The highest BCUT2D eigenvalue weighted by atomic mass is 79.9. The van der Waals surface area contributed by atoms with Crippen LogP contribution >= 0.6 is 55.1 Å². The molecule has 1 aromatic carbocycles. The molecule has 1 heterocycles. The molecule has 0 spiro atoms. The number of carbonyl (C=O) groups is 3. The van der Waals surface area contributed by atoms with E-state index in [9.17, 15) is 14.4 Å². The van der Waals surface area contributed by atoms with Crippen LogP contribution in [-0.4, -0.2) is 32.4 Å². The minimum Gasteiger partial charge on any atom is -0.272 e. The third-order valence-corrected chi connectivity index (χ3v) is 9.33. The Morgan fingerprint density at radius 2 is 1.60 bits per heavy atom. The maximum atomic E-state index is 12.7. The third kappa shape index (κ3) is 2.58. The number of nitrogens with one attached hydrogen (secondary N) is 1. The Balaban J connectivity index is 1.56. The minimum atomic E-state index is -0.571. The molecule has 6 atom stereocenters. The van der Waals surface area contributed by atoms with Gasteiger partial charge in [0.2, 0.25) is 0 Å². The van der Waals surface area contributed by atoms with Crippen molar-refractivity contribution in [3.05, 3.63) is 33.8 Å². The molecule has 0 radical (unpaired) electrons. The number of imide groups is 1. The molecule has 132 valence electrons. The van der Waals surface area contributed by atoms with E-state index in [0.29, 0.717) is 5.02 Å². The smallest absolute Gasteiger partial charge is 0.270 e. The zero-order valence-corrected chi connectivity index (χ0v) is 17.3. The standard InChI is InChI=1S/C16H12Br2Cl2N2O3/c17-12-6-4-7(13(12)18)11-10(6)15(24)22(16(11)25)21-14(23)5-1-2-8(19)9(20)3-5/h1-3,6-7,10-13H,4H2,(H,21,23)/t6-,7-,10-,11-,12-,13+/m1/s1. The third-order valence-electron chi connectivity index (χ3n) is 5.38. The number of halogens is 4. The molecule has 3 amide bonds. The average Bonchev–Trinajstić information content (AvgIpc) is 3.17. The van der Waals surface area contributed by atoms with Crippen molar-refractivity contribution in [3.63, 3.8) is 0 Å². The molecule has 1 aromatic rings. The molecule has 1 N–H and O–H groups in total. The zero-order chi connectivity index (χ0) is 18.0. The molecule has 25 heavy (non-hydrogen) atoms. The molecule has 1 saturated heterocycles. The van der Waals surface area contributed by atoms with E-state index in [1.807, 2.05) is 0 Å². The maximum absolute atomic E-state index is 12.7. The molecular formula is C16H12Br2Cl2N2O3. The van der Waals surface area contributed by atoms with Crippen molar-refractivity contribution in [2.45, 2.75) is 16.1 Å². The first-order chi connectivity index (χ1) is 11.8. The first-order valence-electron chi connectivity index (χ1n) is 7.73. The van der Waals surface area contributed by atoms with Crippen LogP contribution in [0.5, 0.6) is 0 Å². The summed E-state index contributed by atoms with van der Waals surface area (Å²) in [5.41, 5.74) is 2.66. The van der Waals surface area contributed by atoms with E-state index in [-0.39, 0.29) is 55.7 Å². The minimum absolute atomic E-state index is 0.0997. The van der Waals surface area contributed by atoms with Gasteiger partial charge in [-0.2, -0.15) is 5.01 Å². The van der Waals surface area contributed by atoms with E-state index in [2.05, 4.69) is 37.3 Å². The number of carbonyl (C=O) groups excluding carboxylic acids is 3. The average molecular weight is 511 g/mol. The molecule has 0 unspecified atom stereocenters. The molecule has 4 rings (SSSR count). The van der Waals surface area contributed by atoms with Crippen LogP contribution < -0.4 is 5.43 Å². The molecule has 2 saturated carbocycles. The van der Waals surface area contributed by atoms with Gasteiger partial charge in [-0.15, -0.1) is 0 Å². The lowest BCUT2D eigenvalue weighted by atomic mass is 9.81. The van der Waals surface area contributed by atoms with Crippen LogP contribution in [0.2, 0.25) is 10.0 Å². The van der Waals surface area contributed by atoms with Gasteiger partial charge >= 0.3 is 0 Å². The Morgan fingerprint density at radius 1 is 1.04 bits per heavy atom. The van der Waals surface area contributed by atoms with Crippen LogP contribution in [0.4, 0.5) is 0 Å². The molecule has 2 bridgehead atoms. The van der Waals surface area contributed by atoms with Crippen molar-refractivity contribution in [1.29, 1.82) is 0 Å². The first kappa shape index (κ1) is 17.8. The fourth-order valence-corrected chi connectivity index (χ4v) is 6.43. The molecule has 2 aliphatic carbocycles. The van der Waals surface area contributed by atoms with Crippen LogP contribution in [0.3, 0.4) is 0 Å². The number of hydrazine groups is 1. The number of fused-ring (bicyclic) bond motifs is 5. The normalized spacial score (nSPS) is 36.1. The van der Waals surface area contributed by atoms with Crippen LogP contribution in [-0.2, 0) is 9.59 Å². The molecule has 1 aliphatic heterocycles. The lowest BCUT2D eigenvalue weighted by molar-refractivity contribution is -0.143. The van der Waals surface area contributed by atoms with Gasteiger partial charge < -0.3 is 0 Å². The fourth-order valence-electron chi connectivity index (χ4n) is 4.26. The molecule has 0 aromatic heterocycles. The van der Waals surface area contributed by atoms with E-state index < -0.39 is 5.91 Å². The predicted octanol–water partition coefficient (Wildman–Crippen LogP) is 3.42. The largest absolute Gasteiger partial charge is 0.272 e. The Kier molecular flexibility index (Phi) is 4.42. The molecular weight excluding hydrogens is 499 g/mol. The maximum Gasteiger partial charge on any atom is 0.270 e. The van der Waals surface area contributed by atoms with Crippen molar-refractivity contribution < 1.29 is 14.4 Å². The summed E-state index contributed by atoms with van der Waals surface area (Å²) in [6, 6.07) is 4.38. The summed E-state index contributed by atoms with van der Waals surface area (Å²) in [4.78, 5) is 38.2. The lowest BCUT2D eigenvalue weighted by Gasteiger charge is -2.28. The SMILES string of the molecule is O=C(NN1C(=O)[C@@H]2[C@H]3C[C@@H]([C@@H](Br)[C@H]3Br)[C@H]2C1=O)c1ccc(Cl)c(Cl)c1. The number of alkyl halides is 2. The van der Waals surface area contributed by atoms with Gasteiger partial charge in [-0.25, -0.2) is 0 Å². The second-order valence-electron chi connectivity index (χ2n) is 6.59. The van der Waals surface area contributed by atoms with E-state index in [1.54, 1.807) is 0 Å². The second kappa shape index (κ2) is 6.22. The van der Waals surface area contributed by atoms with Gasteiger partial charge in [-0.1, -0.05) is 55.1 Å². The van der Waals surface area contributed by atoms with Gasteiger partial charge in [0.15, 0.2) is 0 Å². The van der Waals surface area contributed by atoms with E-state index in [1.165, 1.54) is 18.2 Å². The van der Waals surface area contributed by atoms with Crippen molar-refractivity contribution in [2.24, 2.45) is 23.7 Å². The summed E-state index contributed by atoms with van der Waals surface area (Å²) < 4.78 is 0. The van der Waals surface area contributed by atoms with E-state index in [4.69, 9.17) is 23.2 Å². The highest BCUT2D eigenvalue weighted by Gasteiger charge is 2.66. The van der Waals surface area contributed by atoms with E-state index in [0.717, 1.165) is 11.4 Å². The van der Waals surface area contributed by atoms with Gasteiger partial charge in [-0.3, -0.25) is 19.8 Å². The number of amides is 3. The van der Waals surface area contributed by atoms with Gasteiger partial charge in [-0.05, 0) is 36.5 Å². The first-order valence-corrected chi connectivity index (χ1v) is 10.3. The molecule has 3 aliphatic rings. The summed E-state index contributed by atoms with van der Waals surface area (Å²) in [6.07, 6.45) is 0.841. The van der Waals surface area contributed by atoms with Crippen molar-refractivity contribution in [3.8, 4) is 0 Å². The predicted molar refractivity (Wildman–Crippen MR) is 99.8 cm³/mol. The quantitative estimate of drug-likeness (QED) is 0.490. The van der Waals surface area contributed by atoms with Gasteiger partial charge in [0.25, 0.3) is 17.7 Å². The number of hydrogen-bond acceptors (Lipinski definition) is 3. The summed E-state index contributed by atoms with van der Waals surface area (Å²) >= 11 is 19.0. The Hall–Kier alpha value is -0.630. The summed E-state index contributed by atoms with van der Waals surface area (Å²) in [7, 11) is 0. The van der Waals surface area contributed by atoms with Crippen LogP contribution in [0, 0.1) is 23.7 Å². The Morgan fingerprint density at radius 3 is 2.12 bits per heavy atom. The number of nitrogens with zero attached hydrogens (tertiary/aromatic N) is 1. The topological polar surface area (TPSA) is 66.5 Å². The zero-order valence-electron chi connectivity index (χ0n) is 12.6. The highest BCUT2D eigenvalue weighted by molar-refractivity contribution is 9.12. The van der Waals surface area contributed by atoms with Crippen molar-refractivity contribution >= 4 is 72.8 Å². The van der Waals surface area contributed by atoms with Gasteiger partial charge in [0.05, 0.1) is 21.9 Å². The highest BCUT2D eigenvalue weighted by Crippen LogP contribution is 2.59. The van der Waals surface area contributed by atoms with E-state index >= 15 is 0 Å². The van der Waals surface area contributed by atoms with Crippen molar-refractivity contribution in [1.82, 2.24) is 10.4 Å². The van der Waals surface area contributed by atoms with Crippen LogP contribution in [0.25, 0.3) is 0 Å². The number of benzene rings is 1. The summed E-state index contributed by atoms with van der Waals surface area (Å²) in [5.74, 6) is -1.78. The molecule has 9 heteroatoms. The number of hydrogen-bond donors (Lipinski definition) is 1. The van der Waals surface area contributed by atoms with Gasteiger partial charge in [0, 0.05) is 15.2 Å². The Labute approximate surface area is 170 Å². The molecule has 3 fully saturated rings. The Bertz CT molecular complexity index is 774. The van der Waals surface area contributed by atoms with Gasteiger partial charge in [0.1, 0.15) is 0 Å². The summed E-state index contributed by atoms with van der Waals surface area (Å²) in [6.45, 7) is 0. The lowest BCUT2D eigenvalue weighted by Crippen LogP contribution is -2.47. The van der Waals surface area contributed by atoms with Crippen LogP contribution in [0.1, 0.15) is 16.8 Å². The monoisotopic (exact) mass is 508 g/mol.